The van der Waals surface area contributed by atoms with Crippen molar-refractivity contribution in [1.29, 1.82) is 0 Å². The van der Waals surface area contributed by atoms with Gasteiger partial charge in [0.1, 0.15) is 5.75 Å². The molecule has 0 saturated heterocycles. The van der Waals surface area contributed by atoms with Gasteiger partial charge in [0, 0.05) is 5.56 Å². The number of hydrogen-bond donors (Lipinski definition) is 3. The first-order valence-electron chi connectivity index (χ1n) is 8.07. The van der Waals surface area contributed by atoms with Crippen molar-refractivity contribution in [2.75, 3.05) is 6.61 Å². The molecule has 0 saturated carbocycles. The van der Waals surface area contributed by atoms with Gasteiger partial charge >= 0.3 is 0 Å². The molecule has 1 aliphatic carbocycles. The summed E-state index contributed by atoms with van der Waals surface area (Å²) < 4.78 is 5.47. The smallest absolute Gasteiger partial charge is 0.251 e. The van der Waals surface area contributed by atoms with Crippen molar-refractivity contribution < 1.29 is 19.7 Å². The van der Waals surface area contributed by atoms with Gasteiger partial charge in [0.2, 0.25) is 0 Å². The Morgan fingerprint density at radius 1 is 1.29 bits per heavy atom. The lowest BCUT2D eigenvalue weighted by Gasteiger charge is -2.18. The summed E-state index contributed by atoms with van der Waals surface area (Å²) in [5.41, 5.74) is 2.80. The molecule has 0 bridgehead atoms. The molecule has 3 rings (SSSR count). The summed E-state index contributed by atoms with van der Waals surface area (Å²) in [5.74, 6) is 0.425. The standard InChI is InChI=1S/C19H21NO4/c1-2-24-14-8-7-12-9-17(18(22)16(12)10-14)20-19(23)15-6-4-3-5-13(15)11-21/h3-8,10,17-18,21-22H,2,9,11H2,1H3,(H,20,23)/t17-,18+/m0/s1. The molecule has 0 aliphatic heterocycles. The molecule has 2 aromatic rings. The fraction of sp³-hybridized carbons (Fsp3) is 0.316. The van der Waals surface area contributed by atoms with Crippen LogP contribution in [-0.2, 0) is 13.0 Å². The minimum absolute atomic E-state index is 0.200. The van der Waals surface area contributed by atoms with Crippen LogP contribution in [0.3, 0.4) is 0 Å². The highest BCUT2D eigenvalue weighted by Gasteiger charge is 2.32. The van der Waals surface area contributed by atoms with Gasteiger partial charge in [0.05, 0.1) is 25.4 Å². The number of benzene rings is 2. The third kappa shape index (κ3) is 3.13. The van der Waals surface area contributed by atoms with E-state index in [1.165, 1.54) is 0 Å². The van der Waals surface area contributed by atoms with E-state index < -0.39 is 12.1 Å². The predicted molar refractivity (Wildman–Crippen MR) is 89.9 cm³/mol. The molecule has 0 aromatic heterocycles. The number of ether oxygens (including phenoxy) is 1. The van der Waals surface area contributed by atoms with Crippen LogP contribution in [0, 0.1) is 0 Å². The van der Waals surface area contributed by atoms with Crippen LogP contribution >= 0.6 is 0 Å². The van der Waals surface area contributed by atoms with E-state index in [2.05, 4.69) is 5.32 Å². The van der Waals surface area contributed by atoms with E-state index in [1.807, 2.05) is 25.1 Å². The van der Waals surface area contributed by atoms with Gasteiger partial charge in [-0.15, -0.1) is 0 Å². The normalized spacial score (nSPS) is 19.0. The van der Waals surface area contributed by atoms with E-state index in [9.17, 15) is 15.0 Å². The molecule has 126 valence electrons. The van der Waals surface area contributed by atoms with Crippen molar-refractivity contribution in [3.63, 3.8) is 0 Å². The molecular weight excluding hydrogens is 306 g/mol. The van der Waals surface area contributed by atoms with Crippen molar-refractivity contribution in [3.8, 4) is 5.75 Å². The van der Waals surface area contributed by atoms with Crippen LogP contribution in [0.15, 0.2) is 42.5 Å². The summed E-state index contributed by atoms with van der Waals surface area (Å²) in [6.07, 6.45) is -0.207. The summed E-state index contributed by atoms with van der Waals surface area (Å²) in [4.78, 5) is 12.5. The second kappa shape index (κ2) is 7.03. The Labute approximate surface area is 140 Å². The maximum absolute atomic E-state index is 12.5. The third-order valence-electron chi connectivity index (χ3n) is 4.32. The molecule has 24 heavy (non-hydrogen) atoms. The highest BCUT2D eigenvalue weighted by molar-refractivity contribution is 5.96. The Morgan fingerprint density at radius 2 is 2.08 bits per heavy atom. The largest absolute Gasteiger partial charge is 0.494 e. The Bertz CT molecular complexity index is 744. The van der Waals surface area contributed by atoms with Crippen molar-refractivity contribution in [1.82, 2.24) is 5.32 Å². The predicted octanol–water partition coefficient (Wildman–Crippen LogP) is 1.97. The maximum atomic E-state index is 12.5. The van der Waals surface area contributed by atoms with Gasteiger partial charge in [-0.1, -0.05) is 24.3 Å². The van der Waals surface area contributed by atoms with E-state index in [0.29, 0.717) is 29.9 Å². The lowest BCUT2D eigenvalue weighted by atomic mass is 10.1. The molecule has 1 amide bonds. The summed E-state index contributed by atoms with van der Waals surface area (Å²) in [6.45, 7) is 2.27. The number of carbonyl (C=O) groups is 1. The Hall–Kier alpha value is -2.37. The number of nitrogens with one attached hydrogen (secondary N) is 1. The fourth-order valence-corrected chi connectivity index (χ4v) is 3.11. The zero-order valence-corrected chi connectivity index (χ0v) is 13.5. The van der Waals surface area contributed by atoms with Crippen molar-refractivity contribution in [3.05, 3.63) is 64.7 Å². The lowest BCUT2D eigenvalue weighted by molar-refractivity contribution is 0.0855. The van der Waals surface area contributed by atoms with Crippen molar-refractivity contribution in [2.45, 2.75) is 32.1 Å². The van der Waals surface area contributed by atoms with Crippen LogP contribution in [0.2, 0.25) is 0 Å². The first-order valence-corrected chi connectivity index (χ1v) is 8.07. The molecule has 2 aromatic carbocycles. The SMILES string of the molecule is CCOc1ccc2c(c1)[C@@H](O)[C@@H](NC(=O)c1ccccc1CO)C2. The summed E-state index contributed by atoms with van der Waals surface area (Å²) in [5, 5.41) is 22.8. The summed E-state index contributed by atoms with van der Waals surface area (Å²) >= 11 is 0. The zero-order chi connectivity index (χ0) is 17.1. The molecule has 0 unspecified atom stereocenters. The molecule has 5 nitrogen and oxygen atoms in total. The maximum Gasteiger partial charge on any atom is 0.251 e. The molecule has 3 N–H and O–H groups in total. The van der Waals surface area contributed by atoms with Gasteiger partial charge < -0.3 is 20.3 Å². The van der Waals surface area contributed by atoms with E-state index >= 15 is 0 Å². The number of aliphatic hydroxyl groups excluding tert-OH is 2. The summed E-state index contributed by atoms with van der Waals surface area (Å²) in [7, 11) is 0. The Balaban J connectivity index is 1.76. The minimum atomic E-state index is -0.773. The number of aliphatic hydroxyl groups is 2. The van der Waals surface area contributed by atoms with Crippen molar-refractivity contribution >= 4 is 5.91 Å². The first kappa shape index (κ1) is 16.5. The second-order valence-corrected chi connectivity index (χ2v) is 5.84. The van der Waals surface area contributed by atoms with E-state index in [0.717, 1.165) is 11.1 Å². The van der Waals surface area contributed by atoms with Gasteiger partial charge in [0.25, 0.3) is 5.91 Å². The molecule has 0 fully saturated rings. The van der Waals surface area contributed by atoms with Gasteiger partial charge in [-0.05, 0) is 48.2 Å². The molecular formula is C19H21NO4. The van der Waals surface area contributed by atoms with E-state index in [4.69, 9.17) is 4.74 Å². The van der Waals surface area contributed by atoms with Crippen LogP contribution < -0.4 is 10.1 Å². The van der Waals surface area contributed by atoms with Crippen LogP contribution in [0.1, 0.15) is 40.1 Å². The third-order valence-corrected chi connectivity index (χ3v) is 4.32. The van der Waals surface area contributed by atoms with Crippen LogP contribution in [-0.4, -0.2) is 28.8 Å². The number of amides is 1. The van der Waals surface area contributed by atoms with Crippen LogP contribution in [0.4, 0.5) is 0 Å². The minimum Gasteiger partial charge on any atom is -0.494 e. The molecule has 2 atom stereocenters. The Kier molecular flexibility index (Phi) is 4.83. The Morgan fingerprint density at radius 3 is 2.83 bits per heavy atom. The van der Waals surface area contributed by atoms with Gasteiger partial charge in [-0.2, -0.15) is 0 Å². The number of carbonyl (C=O) groups excluding carboxylic acids is 1. The molecule has 0 radical (unpaired) electrons. The highest BCUT2D eigenvalue weighted by atomic mass is 16.5. The number of hydrogen-bond acceptors (Lipinski definition) is 4. The van der Waals surface area contributed by atoms with Gasteiger partial charge in [0.15, 0.2) is 0 Å². The molecule has 0 heterocycles. The topological polar surface area (TPSA) is 78.8 Å². The number of rotatable bonds is 5. The summed E-state index contributed by atoms with van der Waals surface area (Å²) in [6, 6.07) is 12.1. The molecule has 1 aliphatic rings. The molecule has 0 spiro atoms. The highest BCUT2D eigenvalue weighted by Crippen LogP contribution is 2.34. The first-order chi connectivity index (χ1) is 11.6. The van der Waals surface area contributed by atoms with E-state index in [-0.39, 0.29) is 12.5 Å². The fourth-order valence-electron chi connectivity index (χ4n) is 3.11. The van der Waals surface area contributed by atoms with Crippen LogP contribution in [0.5, 0.6) is 5.75 Å². The monoisotopic (exact) mass is 327 g/mol. The van der Waals surface area contributed by atoms with Crippen LogP contribution in [0.25, 0.3) is 0 Å². The van der Waals surface area contributed by atoms with Gasteiger partial charge in [-0.25, -0.2) is 0 Å². The lowest BCUT2D eigenvalue weighted by Crippen LogP contribution is -2.38. The van der Waals surface area contributed by atoms with Gasteiger partial charge in [-0.3, -0.25) is 4.79 Å². The zero-order valence-electron chi connectivity index (χ0n) is 13.5. The average molecular weight is 327 g/mol. The number of fused-ring (bicyclic) bond motifs is 1. The molecule has 5 heteroatoms. The quantitative estimate of drug-likeness (QED) is 0.784. The second-order valence-electron chi connectivity index (χ2n) is 5.84. The van der Waals surface area contributed by atoms with E-state index in [1.54, 1.807) is 24.3 Å². The van der Waals surface area contributed by atoms with Crippen molar-refractivity contribution in [2.24, 2.45) is 0 Å². The average Bonchev–Trinajstić information content (AvgIpc) is 2.91.